The Kier molecular flexibility index (Phi) is 3.72. The first kappa shape index (κ1) is 11.7. The van der Waals surface area contributed by atoms with E-state index in [-0.39, 0.29) is 0 Å². The van der Waals surface area contributed by atoms with E-state index in [2.05, 4.69) is 11.4 Å². The lowest BCUT2D eigenvalue weighted by Gasteiger charge is -2.27. The lowest BCUT2D eigenvalue weighted by molar-refractivity contribution is 0.411. The van der Waals surface area contributed by atoms with Crippen molar-refractivity contribution in [3.05, 3.63) is 28.8 Å². The van der Waals surface area contributed by atoms with Crippen molar-refractivity contribution < 1.29 is 0 Å². The second-order valence-corrected chi connectivity index (χ2v) is 5.13. The molecule has 88 valence electrons. The zero-order valence-electron chi connectivity index (χ0n) is 9.67. The molecule has 1 aromatic rings. The molecule has 0 radical (unpaired) electrons. The van der Waals surface area contributed by atoms with Gasteiger partial charge in [0, 0.05) is 22.8 Å². The molecule has 0 aliphatic heterocycles. The lowest BCUT2D eigenvalue weighted by atomic mass is 9.91. The van der Waals surface area contributed by atoms with Crippen LogP contribution < -0.4 is 11.1 Å². The Balaban J connectivity index is 1.96. The zero-order valence-corrected chi connectivity index (χ0v) is 10.4. The second-order valence-electron chi connectivity index (χ2n) is 4.72. The monoisotopic (exact) mass is 238 g/mol. The Morgan fingerprint density at radius 1 is 1.25 bits per heavy atom. The minimum absolute atomic E-state index is 0.407. The summed E-state index contributed by atoms with van der Waals surface area (Å²) in [6.45, 7) is 2.03. The van der Waals surface area contributed by atoms with Gasteiger partial charge in [0.2, 0.25) is 0 Å². The Hall–Kier alpha value is -0.730. The Bertz CT molecular complexity index is 357. The van der Waals surface area contributed by atoms with Gasteiger partial charge in [0.15, 0.2) is 0 Å². The molecule has 1 aromatic carbocycles. The number of aryl methyl sites for hydroxylation is 1. The summed E-state index contributed by atoms with van der Waals surface area (Å²) in [5.41, 5.74) is 8.18. The average Bonchev–Trinajstić information content (AvgIpc) is 2.27. The molecule has 16 heavy (non-hydrogen) atoms. The molecule has 0 saturated heterocycles. The first-order valence-corrected chi connectivity index (χ1v) is 6.31. The van der Waals surface area contributed by atoms with E-state index in [1.54, 1.807) is 0 Å². The third-order valence-corrected chi connectivity index (χ3v) is 3.72. The molecule has 0 heterocycles. The maximum atomic E-state index is 6.00. The predicted molar refractivity (Wildman–Crippen MR) is 70.0 cm³/mol. The van der Waals surface area contributed by atoms with Crippen LogP contribution in [0.2, 0.25) is 5.02 Å². The van der Waals surface area contributed by atoms with Crippen LogP contribution in [0.25, 0.3) is 0 Å². The predicted octanol–water partition coefficient (Wildman–Crippen LogP) is 3.33. The van der Waals surface area contributed by atoms with Gasteiger partial charge in [-0.15, -0.1) is 0 Å². The van der Waals surface area contributed by atoms with Gasteiger partial charge in [-0.1, -0.05) is 11.6 Å². The minimum atomic E-state index is 0.407. The fourth-order valence-electron chi connectivity index (χ4n) is 2.23. The molecule has 0 unspecified atom stereocenters. The van der Waals surface area contributed by atoms with E-state index >= 15 is 0 Å². The summed E-state index contributed by atoms with van der Waals surface area (Å²) < 4.78 is 0. The number of hydrogen-bond acceptors (Lipinski definition) is 2. The van der Waals surface area contributed by atoms with Crippen LogP contribution in [0, 0.1) is 6.92 Å². The van der Waals surface area contributed by atoms with Crippen molar-refractivity contribution in [1.29, 1.82) is 0 Å². The SMILES string of the molecule is Cc1cc(NC2CCC(N)CC2)ccc1Cl. The van der Waals surface area contributed by atoms with E-state index in [0.29, 0.717) is 12.1 Å². The molecule has 0 atom stereocenters. The van der Waals surface area contributed by atoms with E-state index < -0.39 is 0 Å². The molecule has 0 bridgehead atoms. The topological polar surface area (TPSA) is 38.0 Å². The molecule has 0 amide bonds. The highest BCUT2D eigenvalue weighted by atomic mass is 35.5. The summed E-state index contributed by atoms with van der Waals surface area (Å²) in [5.74, 6) is 0. The van der Waals surface area contributed by atoms with Gasteiger partial charge in [0.1, 0.15) is 0 Å². The molecular weight excluding hydrogens is 220 g/mol. The van der Waals surface area contributed by atoms with Crippen LogP contribution in [-0.4, -0.2) is 12.1 Å². The normalized spacial score (nSPS) is 25.4. The molecule has 1 saturated carbocycles. The highest BCUT2D eigenvalue weighted by Gasteiger charge is 2.18. The van der Waals surface area contributed by atoms with E-state index in [1.807, 2.05) is 19.1 Å². The van der Waals surface area contributed by atoms with Crippen molar-refractivity contribution in [2.24, 2.45) is 5.73 Å². The van der Waals surface area contributed by atoms with Crippen molar-refractivity contribution >= 4 is 17.3 Å². The van der Waals surface area contributed by atoms with Gasteiger partial charge in [-0.3, -0.25) is 0 Å². The maximum absolute atomic E-state index is 6.00. The number of benzene rings is 1. The number of nitrogens with one attached hydrogen (secondary N) is 1. The second kappa shape index (κ2) is 5.07. The summed E-state index contributed by atoms with van der Waals surface area (Å²) in [6, 6.07) is 7.08. The van der Waals surface area contributed by atoms with E-state index in [9.17, 15) is 0 Å². The summed E-state index contributed by atoms with van der Waals surface area (Å²) in [7, 11) is 0. The Morgan fingerprint density at radius 2 is 1.94 bits per heavy atom. The Morgan fingerprint density at radius 3 is 2.56 bits per heavy atom. The molecule has 1 fully saturated rings. The van der Waals surface area contributed by atoms with Crippen molar-refractivity contribution in [1.82, 2.24) is 0 Å². The summed E-state index contributed by atoms with van der Waals surface area (Å²) in [6.07, 6.45) is 4.60. The van der Waals surface area contributed by atoms with Crippen LogP contribution in [0.4, 0.5) is 5.69 Å². The summed E-state index contributed by atoms with van der Waals surface area (Å²) in [4.78, 5) is 0. The molecule has 3 N–H and O–H groups in total. The van der Waals surface area contributed by atoms with Crippen LogP contribution in [0.1, 0.15) is 31.2 Å². The molecule has 1 aliphatic carbocycles. The third-order valence-electron chi connectivity index (χ3n) is 3.30. The number of nitrogens with two attached hydrogens (primary N) is 1. The van der Waals surface area contributed by atoms with Crippen molar-refractivity contribution in [3.8, 4) is 0 Å². The van der Waals surface area contributed by atoms with Crippen LogP contribution >= 0.6 is 11.6 Å². The third kappa shape index (κ3) is 2.89. The Labute approximate surface area is 102 Å². The number of halogens is 1. The van der Waals surface area contributed by atoms with Gasteiger partial charge in [0.05, 0.1) is 0 Å². The van der Waals surface area contributed by atoms with E-state index in [4.69, 9.17) is 17.3 Å². The zero-order chi connectivity index (χ0) is 11.5. The molecule has 0 spiro atoms. The molecule has 3 heteroatoms. The fraction of sp³-hybridized carbons (Fsp3) is 0.538. The van der Waals surface area contributed by atoms with Crippen LogP contribution in [0.3, 0.4) is 0 Å². The standard InChI is InChI=1S/C13H19ClN2/c1-9-8-12(6-7-13(9)14)16-11-4-2-10(15)3-5-11/h6-8,10-11,16H,2-5,15H2,1H3. The quantitative estimate of drug-likeness (QED) is 0.830. The van der Waals surface area contributed by atoms with Gasteiger partial charge in [-0.25, -0.2) is 0 Å². The molecule has 2 rings (SSSR count). The highest BCUT2D eigenvalue weighted by molar-refractivity contribution is 6.31. The van der Waals surface area contributed by atoms with Gasteiger partial charge < -0.3 is 11.1 Å². The lowest BCUT2D eigenvalue weighted by Crippen LogP contribution is -2.32. The van der Waals surface area contributed by atoms with Gasteiger partial charge in [-0.05, 0) is 56.4 Å². The van der Waals surface area contributed by atoms with Crippen molar-refractivity contribution in [2.75, 3.05) is 5.32 Å². The first-order valence-electron chi connectivity index (χ1n) is 5.93. The number of rotatable bonds is 2. The van der Waals surface area contributed by atoms with Gasteiger partial charge >= 0.3 is 0 Å². The smallest absolute Gasteiger partial charge is 0.0436 e. The van der Waals surface area contributed by atoms with Gasteiger partial charge in [-0.2, -0.15) is 0 Å². The van der Waals surface area contributed by atoms with E-state index in [0.717, 1.165) is 23.4 Å². The molecule has 0 aromatic heterocycles. The first-order chi connectivity index (χ1) is 7.65. The summed E-state index contributed by atoms with van der Waals surface area (Å²) >= 11 is 6.00. The number of anilines is 1. The summed E-state index contributed by atoms with van der Waals surface area (Å²) in [5, 5.41) is 4.39. The van der Waals surface area contributed by atoms with Crippen molar-refractivity contribution in [3.63, 3.8) is 0 Å². The molecule has 1 aliphatic rings. The van der Waals surface area contributed by atoms with Crippen LogP contribution in [0.5, 0.6) is 0 Å². The maximum Gasteiger partial charge on any atom is 0.0436 e. The fourth-order valence-corrected chi connectivity index (χ4v) is 2.35. The van der Waals surface area contributed by atoms with Gasteiger partial charge in [0.25, 0.3) is 0 Å². The highest BCUT2D eigenvalue weighted by Crippen LogP contribution is 2.24. The van der Waals surface area contributed by atoms with Crippen LogP contribution in [0.15, 0.2) is 18.2 Å². The molecular formula is C13H19ClN2. The minimum Gasteiger partial charge on any atom is -0.382 e. The average molecular weight is 239 g/mol. The number of hydrogen-bond donors (Lipinski definition) is 2. The largest absolute Gasteiger partial charge is 0.382 e. The van der Waals surface area contributed by atoms with Crippen molar-refractivity contribution in [2.45, 2.75) is 44.7 Å². The van der Waals surface area contributed by atoms with E-state index in [1.165, 1.54) is 18.5 Å². The molecule has 2 nitrogen and oxygen atoms in total. The van der Waals surface area contributed by atoms with Crippen LogP contribution in [-0.2, 0) is 0 Å².